The number of piperazine rings is 1. The van der Waals surface area contributed by atoms with Crippen molar-refractivity contribution in [2.45, 2.75) is 19.4 Å². The van der Waals surface area contributed by atoms with Crippen LogP contribution in [0.4, 0.5) is 0 Å². The molecule has 1 saturated heterocycles. The molecule has 106 valence electrons. The molecular formula is C15H18ClN3O. The van der Waals surface area contributed by atoms with E-state index in [2.05, 4.69) is 11.0 Å². The van der Waals surface area contributed by atoms with Crippen LogP contribution in [0.2, 0.25) is 5.02 Å². The van der Waals surface area contributed by atoms with Gasteiger partial charge in [-0.2, -0.15) is 5.26 Å². The molecule has 4 nitrogen and oxygen atoms in total. The van der Waals surface area contributed by atoms with E-state index in [1.165, 1.54) is 0 Å². The summed E-state index contributed by atoms with van der Waals surface area (Å²) in [6.07, 6.45) is 0.814. The third-order valence-corrected chi connectivity index (χ3v) is 4.01. The predicted molar refractivity (Wildman–Crippen MR) is 78.6 cm³/mol. The quantitative estimate of drug-likeness (QED) is 0.859. The molecule has 1 aliphatic heterocycles. The van der Waals surface area contributed by atoms with Gasteiger partial charge in [0.05, 0.1) is 22.7 Å². The largest absolute Gasteiger partial charge is 0.336 e. The molecule has 1 aromatic rings. The molecule has 0 aromatic heterocycles. The van der Waals surface area contributed by atoms with Gasteiger partial charge in [0.15, 0.2) is 0 Å². The molecule has 1 atom stereocenters. The SMILES string of the molecule is CCC(C#N)N1CCN(C(=O)c2ccccc2Cl)CC1. The second-order valence-corrected chi connectivity index (χ2v) is 5.27. The molecule has 1 unspecified atom stereocenters. The third kappa shape index (κ3) is 3.12. The fraction of sp³-hybridized carbons (Fsp3) is 0.467. The number of nitrogens with zero attached hydrogens (tertiary/aromatic N) is 3. The van der Waals surface area contributed by atoms with E-state index < -0.39 is 0 Å². The van der Waals surface area contributed by atoms with Gasteiger partial charge in [0.2, 0.25) is 0 Å². The van der Waals surface area contributed by atoms with Crippen molar-refractivity contribution >= 4 is 17.5 Å². The van der Waals surface area contributed by atoms with E-state index in [4.69, 9.17) is 16.9 Å². The van der Waals surface area contributed by atoms with Crippen molar-refractivity contribution < 1.29 is 4.79 Å². The van der Waals surface area contributed by atoms with Gasteiger partial charge in [-0.1, -0.05) is 30.7 Å². The van der Waals surface area contributed by atoms with E-state index in [1.54, 1.807) is 12.1 Å². The van der Waals surface area contributed by atoms with Crippen LogP contribution in [-0.4, -0.2) is 47.9 Å². The van der Waals surface area contributed by atoms with Crippen LogP contribution in [0.3, 0.4) is 0 Å². The third-order valence-electron chi connectivity index (χ3n) is 3.68. The highest BCUT2D eigenvalue weighted by Crippen LogP contribution is 2.18. The fourth-order valence-electron chi connectivity index (χ4n) is 2.47. The molecule has 20 heavy (non-hydrogen) atoms. The number of carbonyl (C=O) groups is 1. The Kier molecular flexibility index (Phi) is 4.99. The van der Waals surface area contributed by atoms with Crippen LogP contribution in [0.5, 0.6) is 0 Å². The van der Waals surface area contributed by atoms with Crippen LogP contribution in [0.1, 0.15) is 23.7 Å². The Morgan fingerprint density at radius 2 is 2.00 bits per heavy atom. The van der Waals surface area contributed by atoms with Crippen molar-refractivity contribution in [3.05, 3.63) is 34.9 Å². The van der Waals surface area contributed by atoms with Gasteiger partial charge in [0.1, 0.15) is 0 Å². The van der Waals surface area contributed by atoms with E-state index in [-0.39, 0.29) is 11.9 Å². The molecule has 0 saturated carbocycles. The lowest BCUT2D eigenvalue weighted by Crippen LogP contribution is -2.51. The molecule has 0 spiro atoms. The number of carbonyl (C=O) groups excluding carboxylic acids is 1. The summed E-state index contributed by atoms with van der Waals surface area (Å²) in [5.41, 5.74) is 0.551. The second kappa shape index (κ2) is 6.74. The summed E-state index contributed by atoms with van der Waals surface area (Å²) in [6, 6.07) is 9.37. The fourth-order valence-corrected chi connectivity index (χ4v) is 2.69. The lowest BCUT2D eigenvalue weighted by molar-refractivity contribution is 0.0604. The van der Waals surface area contributed by atoms with Gasteiger partial charge in [-0.15, -0.1) is 0 Å². The van der Waals surface area contributed by atoms with Crippen LogP contribution in [-0.2, 0) is 0 Å². The lowest BCUT2D eigenvalue weighted by atomic mass is 10.1. The normalized spacial score (nSPS) is 17.6. The first kappa shape index (κ1) is 14.8. The molecule has 1 aromatic carbocycles. The number of hydrogen-bond acceptors (Lipinski definition) is 3. The molecule has 0 N–H and O–H groups in total. The minimum atomic E-state index is -0.0486. The standard InChI is InChI=1S/C15H18ClN3O/c1-2-12(11-17)18-7-9-19(10-8-18)15(20)13-5-3-4-6-14(13)16/h3-6,12H,2,7-10H2,1H3. The van der Waals surface area contributed by atoms with Gasteiger partial charge < -0.3 is 4.90 Å². The van der Waals surface area contributed by atoms with Crippen molar-refractivity contribution in [1.29, 1.82) is 5.26 Å². The molecule has 1 heterocycles. The Hall–Kier alpha value is -1.57. The zero-order valence-corrected chi connectivity index (χ0v) is 12.3. The van der Waals surface area contributed by atoms with Crippen molar-refractivity contribution in [2.24, 2.45) is 0 Å². The summed E-state index contributed by atoms with van der Waals surface area (Å²) in [7, 11) is 0. The van der Waals surface area contributed by atoms with Gasteiger partial charge in [0.25, 0.3) is 5.91 Å². The number of rotatable bonds is 3. The molecule has 0 radical (unpaired) electrons. The number of halogens is 1. The summed E-state index contributed by atoms with van der Waals surface area (Å²) in [6.45, 7) is 4.77. The highest BCUT2D eigenvalue weighted by molar-refractivity contribution is 6.33. The monoisotopic (exact) mass is 291 g/mol. The Bertz CT molecular complexity index is 518. The van der Waals surface area contributed by atoms with Crippen molar-refractivity contribution in [1.82, 2.24) is 9.80 Å². The summed E-state index contributed by atoms with van der Waals surface area (Å²) >= 11 is 6.06. The molecule has 0 bridgehead atoms. The van der Waals surface area contributed by atoms with Crippen LogP contribution in [0.25, 0.3) is 0 Å². The molecule has 2 rings (SSSR count). The maximum atomic E-state index is 12.4. The Labute approximate surface area is 124 Å². The molecule has 0 aliphatic carbocycles. The summed E-state index contributed by atoms with van der Waals surface area (Å²) < 4.78 is 0. The first-order valence-electron chi connectivity index (χ1n) is 6.84. The molecule has 1 amide bonds. The summed E-state index contributed by atoms with van der Waals surface area (Å²) in [4.78, 5) is 16.3. The van der Waals surface area contributed by atoms with Gasteiger partial charge >= 0.3 is 0 Å². The maximum Gasteiger partial charge on any atom is 0.255 e. The van der Waals surface area contributed by atoms with E-state index in [9.17, 15) is 4.79 Å². The summed E-state index contributed by atoms with van der Waals surface area (Å²) in [5.74, 6) is -0.0275. The van der Waals surface area contributed by atoms with Crippen LogP contribution in [0, 0.1) is 11.3 Å². The maximum absolute atomic E-state index is 12.4. The second-order valence-electron chi connectivity index (χ2n) is 4.86. The highest BCUT2D eigenvalue weighted by atomic mass is 35.5. The topological polar surface area (TPSA) is 47.3 Å². The van der Waals surface area contributed by atoms with E-state index in [0.29, 0.717) is 23.7 Å². The smallest absolute Gasteiger partial charge is 0.255 e. The minimum Gasteiger partial charge on any atom is -0.336 e. The Morgan fingerprint density at radius 1 is 1.35 bits per heavy atom. The Balaban J connectivity index is 1.99. The van der Waals surface area contributed by atoms with Crippen LogP contribution < -0.4 is 0 Å². The lowest BCUT2D eigenvalue weighted by Gasteiger charge is -2.36. The average Bonchev–Trinajstić information content (AvgIpc) is 2.49. The van der Waals surface area contributed by atoms with Crippen molar-refractivity contribution in [2.75, 3.05) is 26.2 Å². The first-order valence-corrected chi connectivity index (χ1v) is 7.22. The molecule has 5 heteroatoms. The van der Waals surface area contributed by atoms with Gasteiger partial charge in [0, 0.05) is 26.2 Å². The van der Waals surface area contributed by atoms with Crippen molar-refractivity contribution in [3.63, 3.8) is 0 Å². The van der Waals surface area contributed by atoms with Crippen molar-refractivity contribution in [3.8, 4) is 6.07 Å². The van der Waals surface area contributed by atoms with Crippen LogP contribution >= 0.6 is 11.6 Å². The molecular weight excluding hydrogens is 274 g/mol. The Morgan fingerprint density at radius 3 is 2.55 bits per heavy atom. The molecule has 1 fully saturated rings. The van der Waals surface area contributed by atoms with Gasteiger partial charge in [-0.3, -0.25) is 9.69 Å². The predicted octanol–water partition coefficient (Wildman–Crippen LogP) is 2.40. The van der Waals surface area contributed by atoms with E-state index >= 15 is 0 Å². The molecule has 1 aliphatic rings. The van der Waals surface area contributed by atoms with Gasteiger partial charge in [-0.05, 0) is 18.6 Å². The van der Waals surface area contributed by atoms with E-state index in [0.717, 1.165) is 19.5 Å². The van der Waals surface area contributed by atoms with E-state index in [1.807, 2.05) is 24.0 Å². The summed E-state index contributed by atoms with van der Waals surface area (Å²) in [5, 5.41) is 9.57. The number of nitriles is 1. The average molecular weight is 292 g/mol. The number of benzene rings is 1. The number of amides is 1. The number of hydrogen-bond donors (Lipinski definition) is 0. The minimum absolute atomic E-state index is 0.0275. The van der Waals surface area contributed by atoms with Crippen LogP contribution in [0.15, 0.2) is 24.3 Å². The highest BCUT2D eigenvalue weighted by Gasteiger charge is 2.26. The first-order chi connectivity index (χ1) is 9.67. The zero-order valence-electron chi connectivity index (χ0n) is 11.6. The zero-order chi connectivity index (χ0) is 14.5. The van der Waals surface area contributed by atoms with Gasteiger partial charge in [-0.25, -0.2) is 0 Å².